The standard InChI is InChI=1S/C10H9NS/c1-3-9(8-11-5-1)7-10-4-2-6-12-10/h1-6,8H,7H2. The molecule has 0 atom stereocenters. The van der Waals surface area contributed by atoms with Crippen molar-refractivity contribution in [3.8, 4) is 0 Å². The van der Waals surface area contributed by atoms with E-state index < -0.39 is 0 Å². The van der Waals surface area contributed by atoms with Gasteiger partial charge in [-0.2, -0.15) is 0 Å². The van der Waals surface area contributed by atoms with Crippen LogP contribution in [0, 0.1) is 0 Å². The maximum atomic E-state index is 4.07. The Morgan fingerprint density at radius 3 is 2.92 bits per heavy atom. The van der Waals surface area contributed by atoms with Gasteiger partial charge in [0, 0.05) is 23.7 Å². The molecule has 0 amide bonds. The second kappa shape index (κ2) is 3.50. The maximum Gasteiger partial charge on any atom is 0.0303 e. The van der Waals surface area contributed by atoms with Crippen molar-refractivity contribution in [2.45, 2.75) is 6.42 Å². The molecule has 0 spiro atoms. The van der Waals surface area contributed by atoms with Crippen molar-refractivity contribution in [1.82, 2.24) is 4.98 Å². The molecular formula is C10H9NS. The highest BCUT2D eigenvalue weighted by Crippen LogP contribution is 2.13. The highest BCUT2D eigenvalue weighted by Gasteiger charge is 1.95. The molecule has 12 heavy (non-hydrogen) atoms. The monoisotopic (exact) mass is 175 g/mol. The highest BCUT2D eigenvalue weighted by molar-refractivity contribution is 7.09. The SMILES string of the molecule is c1cncc(Cc2cccs2)c1. The Hall–Kier alpha value is -1.15. The molecule has 0 saturated heterocycles. The highest BCUT2D eigenvalue weighted by atomic mass is 32.1. The Labute approximate surface area is 75.7 Å². The zero-order valence-electron chi connectivity index (χ0n) is 6.60. The molecule has 60 valence electrons. The van der Waals surface area contributed by atoms with Gasteiger partial charge in [-0.3, -0.25) is 4.98 Å². The zero-order valence-corrected chi connectivity index (χ0v) is 7.42. The van der Waals surface area contributed by atoms with E-state index in [2.05, 4.69) is 28.6 Å². The number of rotatable bonds is 2. The summed E-state index contributed by atoms with van der Waals surface area (Å²) in [6.07, 6.45) is 4.73. The van der Waals surface area contributed by atoms with Crippen LogP contribution in [0.25, 0.3) is 0 Å². The molecule has 2 heteroatoms. The maximum absolute atomic E-state index is 4.07. The fraction of sp³-hybridized carbons (Fsp3) is 0.100. The summed E-state index contributed by atoms with van der Waals surface area (Å²) in [6.45, 7) is 0. The van der Waals surface area contributed by atoms with Crippen LogP contribution in [0.1, 0.15) is 10.4 Å². The molecule has 2 heterocycles. The molecule has 0 unspecified atom stereocenters. The van der Waals surface area contributed by atoms with Crippen LogP contribution >= 0.6 is 11.3 Å². The minimum absolute atomic E-state index is 1.01. The van der Waals surface area contributed by atoms with E-state index in [1.807, 2.05) is 12.3 Å². The number of aromatic nitrogens is 1. The Morgan fingerprint density at radius 1 is 1.25 bits per heavy atom. The van der Waals surface area contributed by atoms with Crippen LogP contribution in [0.3, 0.4) is 0 Å². The van der Waals surface area contributed by atoms with Gasteiger partial charge in [-0.15, -0.1) is 11.3 Å². The molecule has 0 aliphatic rings. The second-order valence-electron chi connectivity index (χ2n) is 2.62. The minimum Gasteiger partial charge on any atom is -0.264 e. The number of nitrogens with zero attached hydrogens (tertiary/aromatic N) is 1. The lowest BCUT2D eigenvalue weighted by atomic mass is 10.2. The molecular weight excluding hydrogens is 166 g/mol. The number of hydrogen-bond acceptors (Lipinski definition) is 2. The summed E-state index contributed by atoms with van der Waals surface area (Å²) >= 11 is 1.79. The molecule has 0 saturated carbocycles. The van der Waals surface area contributed by atoms with Gasteiger partial charge in [0.1, 0.15) is 0 Å². The van der Waals surface area contributed by atoms with Crippen LogP contribution in [0.15, 0.2) is 42.0 Å². The van der Waals surface area contributed by atoms with Crippen LogP contribution in [-0.4, -0.2) is 4.98 Å². The van der Waals surface area contributed by atoms with Crippen LogP contribution in [0.4, 0.5) is 0 Å². The predicted molar refractivity (Wildman–Crippen MR) is 51.4 cm³/mol. The van der Waals surface area contributed by atoms with Crippen molar-refractivity contribution >= 4 is 11.3 Å². The lowest BCUT2D eigenvalue weighted by Gasteiger charge is -1.95. The van der Waals surface area contributed by atoms with E-state index in [1.54, 1.807) is 17.5 Å². The average Bonchev–Trinajstić information content (AvgIpc) is 2.59. The summed E-state index contributed by atoms with van der Waals surface area (Å²) in [5.41, 5.74) is 1.28. The lowest BCUT2D eigenvalue weighted by molar-refractivity contribution is 1.17. The Morgan fingerprint density at radius 2 is 2.25 bits per heavy atom. The Kier molecular flexibility index (Phi) is 2.19. The molecule has 0 aliphatic carbocycles. The molecule has 0 fully saturated rings. The molecule has 2 aromatic heterocycles. The van der Waals surface area contributed by atoms with Crippen molar-refractivity contribution in [3.05, 3.63) is 52.5 Å². The van der Waals surface area contributed by atoms with Gasteiger partial charge in [0.15, 0.2) is 0 Å². The van der Waals surface area contributed by atoms with Crippen molar-refractivity contribution in [2.24, 2.45) is 0 Å². The van der Waals surface area contributed by atoms with Crippen LogP contribution in [0.5, 0.6) is 0 Å². The molecule has 0 N–H and O–H groups in total. The fourth-order valence-electron chi connectivity index (χ4n) is 1.12. The first-order valence-electron chi connectivity index (χ1n) is 3.86. The van der Waals surface area contributed by atoms with Gasteiger partial charge in [-0.05, 0) is 23.1 Å². The summed E-state index contributed by atoms with van der Waals surface area (Å²) in [6, 6.07) is 8.31. The van der Waals surface area contributed by atoms with Crippen molar-refractivity contribution in [2.75, 3.05) is 0 Å². The van der Waals surface area contributed by atoms with E-state index in [4.69, 9.17) is 0 Å². The first kappa shape index (κ1) is 7.50. The Balaban J connectivity index is 2.15. The summed E-state index contributed by atoms with van der Waals surface area (Å²) in [5.74, 6) is 0. The molecule has 0 radical (unpaired) electrons. The normalized spacial score (nSPS) is 10.0. The van der Waals surface area contributed by atoms with Crippen molar-refractivity contribution in [3.63, 3.8) is 0 Å². The zero-order chi connectivity index (χ0) is 8.23. The molecule has 0 bridgehead atoms. The van der Waals surface area contributed by atoms with Crippen molar-refractivity contribution < 1.29 is 0 Å². The summed E-state index contributed by atoms with van der Waals surface area (Å²) in [5, 5.41) is 2.10. The van der Waals surface area contributed by atoms with E-state index in [9.17, 15) is 0 Å². The van der Waals surface area contributed by atoms with E-state index >= 15 is 0 Å². The van der Waals surface area contributed by atoms with Crippen LogP contribution < -0.4 is 0 Å². The van der Waals surface area contributed by atoms with Crippen LogP contribution in [0.2, 0.25) is 0 Å². The third-order valence-corrected chi connectivity index (χ3v) is 2.56. The van der Waals surface area contributed by atoms with Gasteiger partial charge in [-0.25, -0.2) is 0 Å². The van der Waals surface area contributed by atoms with Gasteiger partial charge in [0.25, 0.3) is 0 Å². The Bertz CT molecular complexity index is 326. The summed E-state index contributed by atoms with van der Waals surface area (Å²) < 4.78 is 0. The first-order chi connectivity index (χ1) is 5.95. The minimum atomic E-state index is 1.01. The van der Waals surface area contributed by atoms with Gasteiger partial charge < -0.3 is 0 Å². The number of pyridine rings is 1. The van der Waals surface area contributed by atoms with Gasteiger partial charge in [0.2, 0.25) is 0 Å². The topological polar surface area (TPSA) is 12.9 Å². The molecule has 2 aromatic rings. The largest absolute Gasteiger partial charge is 0.264 e. The molecule has 0 aromatic carbocycles. The van der Waals surface area contributed by atoms with Gasteiger partial charge >= 0.3 is 0 Å². The smallest absolute Gasteiger partial charge is 0.0303 e. The predicted octanol–water partition coefficient (Wildman–Crippen LogP) is 2.73. The van der Waals surface area contributed by atoms with E-state index in [-0.39, 0.29) is 0 Å². The fourth-order valence-corrected chi connectivity index (χ4v) is 1.86. The lowest BCUT2D eigenvalue weighted by Crippen LogP contribution is -1.84. The van der Waals surface area contributed by atoms with Gasteiger partial charge in [0.05, 0.1) is 0 Å². The summed E-state index contributed by atoms with van der Waals surface area (Å²) in [4.78, 5) is 5.46. The van der Waals surface area contributed by atoms with Crippen LogP contribution in [-0.2, 0) is 6.42 Å². The second-order valence-corrected chi connectivity index (χ2v) is 3.65. The van der Waals surface area contributed by atoms with E-state index in [0.717, 1.165) is 6.42 Å². The van der Waals surface area contributed by atoms with Crippen molar-refractivity contribution in [1.29, 1.82) is 0 Å². The van der Waals surface area contributed by atoms with E-state index in [1.165, 1.54) is 10.4 Å². The quantitative estimate of drug-likeness (QED) is 0.684. The third kappa shape index (κ3) is 1.71. The average molecular weight is 175 g/mol. The summed E-state index contributed by atoms with van der Waals surface area (Å²) in [7, 11) is 0. The molecule has 0 aliphatic heterocycles. The molecule has 1 nitrogen and oxygen atoms in total. The van der Waals surface area contributed by atoms with E-state index in [0.29, 0.717) is 0 Å². The third-order valence-electron chi connectivity index (χ3n) is 1.68. The van der Waals surface area contributed by atoms with Gasteiger partial charge in [-0.1, -0.05) is 12.1 Å². The molecule has 2 rings (SSSR count). The number of thiophene rings is 1. The first-order valence-corrected chi connectivity index (χ1v) is 4.74. The number of hydrogen-bond donors (Lipinski definition) is 0.